The number of ether oxygens (including phenoxy) is 3. The fourth-order valence-electron chi connectivity index (χ4n) is 5.05. The van der Waals surface area contributed by atoms with Crippen molar-refractivity contribution in [3.8, 4) is 0 Å². The first-order valence-electron chi connectivity index (χ1n) is 12.9. The van der Waals surface area contributed by atoms with E-state index in [0.717, 1.165) is 10.4 Å². The Hall–Kier alpha value is -3.19. The Morgan fingerprint density at radius 2 is 1.67 bits per heavy atom. The van der Waals surface area contributed by atoms with Crippen LogP contribution in [0.3, 0.4) is 0 Å². The Kier molecular flexibility index (Phi) is 7.81. The van der Waals surface area contributed by atoms with Gasteiger partial charge in [-0.2, -0.15) is 0 Å². The molecule has 39 heavy (non-hydrogen) atoms. The molecule has 4 N–H and O–H groups in total. The Morgan fingerprint density at radius 1 is 1.03 bits per heavy atom. The summed E-state index contributed by atoms with van der Waals surface area (Å²) in [7, 11) is -1.98. The fraction of sp³-hybridized carbons (Fsp3) is 0.393. The van der Waals surface area contributed by atoms with Gasteiger partial charge in [-0.1, -0.05) is 71.0 Å². The average molecular weight is 549 g/mol. The summed E-state index contributed by atoms with van der Waals surface area (Å²) in [6.07, 6.45) is 0.290. The highest BCUT2D eigenvalue weighted by atomic mass is 28.3. The summed E-state index contributed by atoms with van der Waals surface area (Å²) >= 11 is 0. The molecular formula is C28H34N5O5Si. The van der Waals surface area contributed by atoms with E-state index in [1.165, 1.54) is 6.33 Å². The zero-order chi connectivity index (χ0) is 27.6. The van der Waals surface area contributed by atoms with Gasteiger partial charge >= 0.3 is 0 Å². The van der Waals surface area contributed by atoms with E-state index in [9.17, 15) is 10.2 Å². The lowest BCUT2D eigenvalue weighted by Gasteiger charge is -2.41. The molecule has 10 nitrogen and oxygen atoms in total. The van der Waals surface area contributed by atoms with Crippen molar-refractivity contribution in [2.75, 3.05) is 25.6 Å². The van der Waals surface area contributed by atoms with Crippen LogP contribution in [0.25, 0.3) is 11.2 Å². The number of aliphatic hydroxyl groups excluding tert-OH is 2. The van der Waals surface area contributed by atoms with Gasteiger partial charge in [-0.05, 0) is 20.8 Å². The molecule has 4 aromatic rings. The maximum atomic E-state index is 11.8. The van der Waals surface area contributed by atoms with Crippen molar-refractivity contribution in [2.45, 2.75) is 50.0 Å². The number of imidazole rings is 1. The number of hydrogen-bond donors (Lipinski definition) is 3. The third-order valence-electron chi connectivity index (χ3n) is 6.68. The topological polar surface area (TPSA) is 138 Å². The zero-order valence-corrected chi connectivity index (χ0v) is 23.3. The van der Waals surface area contributed by atoms with E-state index >= 15 is 0 Å². The normalized spacial score (nSPS) is 23.6. The van der Waals surface area contributed by atoms with E-state index in [4.69, 9.17) is 19.9 Å². The smallest absolute Gasteiger partial charge is 0.190 e. The van der Waals surface area contributed by atoms with Crippen LogP contribution >= 0.6 is 0 Å². The Labute approximate surface area is 229 Å². The fourth-order valence-corrected chi connectivity index (χ4v) is 8.48. The Bertz CT molecular complexity index is 1340. The van der Waals surface area contributed by atoms with E-state index in [1.807, 2.05) is 61.7 Å². The molecule has 1 aliphatic heterocycles. The van der Waals surface area contributed by atoms with E-state index < -0.39 is 38.1 Å². The SMILES string of the molecule is CC(C)(C)OC[C@H]1O[C@](n2cnc3c(N)ncnc32)([Si](c2ccccc2)c2ccccc2)[C@H](OCCO)[C@@H]1O. The van der Waals surface area contributed by atoms with Crippen LogP contribution in [0.5, 0.6) is 0 Å². The summed E-state index contributed by atoms with van der Waals surface area (Å²) < 4.78 is 21.2. The summed E-state index contributed by atoms with van der Waals surface area (Å²) in [4.78, 5) is 13.2. The number of aliphatic hydroxyl groups is 2. The lowest BCUT2D eigenvalue weighted by atomic mass is 10.1. The second kappa shape index (κ2) is 11.1. The minimum Gasteiger partial charge on any atom is -0.394 e. The van der Waals surface area contributed by atoms with Gasteiger partial charge in [0.15, 0.2) is 25.6 Å². The molecule has 0 amide bonds. The van der Waals surface area contributed by atoms with E-state index in [-0.39, 0.29) is 25.6 Å². The van der Waals surface area contributed by atoms with Crippen LogP contribution in [0, 0.1) is 0 Å². The Balaban J connectivity index is 1.79. The lowest BCUT2D eigenvalue weighted by molar-refractivity contribution is -0.125. The molecule has 0 spiro atoms. The molecule has 2 aromatic heterocycles. The molecule has 1 saturated heterocycles. The number of benzene rings is 2. The van der Waals surface area contributed by atoms with Crippen LogP contribution in [0.1, 0.15) is 20.8 Å². The zero-order valence-electron chi connectivity index (χ0n) is 22.3. The highest BCUT2D eigenvalue weighted by Gasteiger charge is 2.63. The van der Waals surface area contributed by atoms with Crippen molar-refractivity contribution in [2.24, 2.45) is 0 Å². The summed E-state index contributed by atoms with van der Waals surface area (Å²) in [5.74, 6) is 0.237. The third-order valence-corrected chi connectivity index (χ3v) is 9.86. The summed E-state index contributed by atoms with van der Waals surface area (Å²) in [5, 5.41) is 22.3. The first-order chi connectivity index (χ1) is 18.8. The van der Waals surface area contributed by atoms with Crippen molar-refractivity contribution in [1.82, 2.24) is 19.5 Å². The van der Waals surface area contributed by atoms with Crippen molar-refractivity contribution < 1.29 is 24.4 Å². The molecule has 0 bridgehead atoms. The van der Waals surface area contributed by atoms with Crippen LogP contribution < -0.4 is 16.1 Å². The first kappa shape index (κ1) is 27.4. The largest absolute Gasteiger partial charge is 0.394 e. The number of rotatable bonds is 9. The van der Waals surface area contributed by atoms with Crippen LogP contribution in [0.15, 0.2) is 73.3 Å². The molecule has 5 rings (SSSR count). The predicted octanol–water partition coefficient (Wildman–Crippen LogP) is 0.862. The van der Waals surface area contributed by atoms with Gasteiger partial charge in [0.2, 0.25) is 0 Å². The maximum absolute atomic E-state index is 11.8. The number of nitrogens with two attached hydrogens (primary N) is 1. The predicted molar refractivity (Wildman–Crippen MR) is 149 cm³/mol. The minimum atomic E-state index is -1.98. The summed E-state index contributed by atoms with van der Waals surface area (Å²) in [6.45, 7) is 5.77. The molecule has 3 heterocycles. The molecule has 1 fully saturated rings. The molecule has 4 atom stereocenters. The van der Waals surface area contributed by atoms with Gasteiger partial charge in [0.25, 0.3) is 0 Å². The number of fused-ring (bicyclic) bond motifs is 1. The molecule has 2 aromatic carbocycles. The molecule has 0 saturated carbocycles. The average Bonchev–Trinajstić information content (AvgIpc) is 3.48. The van der Waals surface area contributed by atoms with Gasteiger partial charge < -0.3 is 30.2 Å². The molecule has 1 radical (unpaired) electrons. The van der Waals surface area contributed by atoms with Gasteiger partial charge in [0, 0.05) is 0 Å². The number of anilines is 1. The van der Waals surface area contributed by atoms with Crippen LogP contribution in [0.2, 0.25) is 0 Å². The molecule has 0 aliphatic carbocycles. The van der Waals surface area contributed by atoms with Gasteiger partial charge in [-0.3, -0.25) is 4.57 Å². The number of nitrogens with zero attached hydrogens (tertiary/aromatic N) is 4. The van der Waals surface area contributed by atoms with E-state index in [2.05, 4.69) is 39.2 Å². The second-order valence-corrected chi connectivity index (χ2v) is 13.1. The lowest BCUT2D eigenvalue weighted by Crippen LogP contribution is -2.67. The van der Waals surface area contributed by atoms with Crippen LogP contribution in [-0.2, 0) is 19.6 Å². The second-order valence-electron chi connectivity index (χ2n) is 10.4. The van der Waals surface area contributed by atoms with Gasteiger partial charge in [0.05, 0.1) is 31.7 Å². The Morgan fingerprint density at radius 3 is 2.26 bits per heavy atom. The van der Waals surface area contributed by atoms with Crippen LogP contribution in [0.4, 0.5) is 5.82 Å². The van der Waals surface area contributed by atoms with E-state index in [1.54, 1.807) is 6.33 Å². The van der Waals surface area contributed by atoms with Crippen molar-refractivity contribution in [3.05, 3.63) is 73.3 Å². The molecule has 11 heteroatoms. The monoisotopic (exact) mass is 548 g/mol. The van der Waals surface area contributed by atoms with Crippen LogP contribution in [-0.4, -0.2) is 82.3 Å². The minimum absolute atomic E-state index is 0.00215. The quantitative estimate of drug-likeness (QED) is 0.260. The van der Waals surface area contributed by atoms with E-state index in [0.29, 0.717) is 11.2 Å². The van der Waals surface area contributed by atoms with Gasteiger partial charge in [-0.15, -0.1) is 0 Å². The third kappa shape index (κ3) is 5.21. The molecule has 1 aliphatic rings. The maximum Gasteiger partial charge on any atom is 0.190 e. The molecular weight excluding hydrogens is 514 g/mol. The number of hydrogen-bond acceptors (Lipinski definition) is 9. The first-order valence-corrected chi connectivity index (χ1v) is 14.4. The standard InChI is InChI=1S/C28H34N5O5Si/c1-27(2,3)37-16-21-23(35)24(36-15-14-34)28(38-21,33-18-32-22-25(29)30-17-31-26(22)33)39(19-10-6-4-7-11-19)20-12-8-5-9-13-20/h4-13,17-18,21,23-24,34-35H,14-16H2,1-3H3,(H2,29,30,31)/t21-,23-,24-,28+/m1/s1. The highest BCUT2D eigenvalue weighted by Crippen LogP contribution is 2.42. The van der Waals surface area contributed by atoms with Gasteiger partial charge in [-0.25, -0.2) is 15.0 Å². The summed E-state index contributed by atoms with van der Waals surface area (Å²) in [5.41, 5.74) is 6.61. The highest BCUT2D eigenvalue weighted by molar-refractivity contribution is 6.86. The van der Waals surface area contributed by atoms with Gasteiger partial charge in [0.1, 0.15) is 30.2 Å². The molecule has 0 unspecified atom stereocenters. The van der Waals surface area contributed by atoms with Crippen molar-refractivity contribution in [3.63, 3.8) is 0 Å². The van der Waals surface area contributed by atoms with Crippen molar-refractivity contribution >= 4 is 36.2 Å². The summed E-state index contributed by atoms with van der Waals surface area (Å²) in [6, 6.07) is 20.1. The number of aromatic nitrogens is 4. The number of nitrogen functional groups attached to an aromatic ring is 1. The molecule has 205 valence electrons. The van der Waals surface area contributed by atoms with Crippen molar-refractivity contribution in [1.29, 1.82) is 0 Å².